The molecule has 1 amide bonds. The zero-order chi connectivity index (χ0) is 33.8. The SMILES string of the molecule is CCc1nc2c(CC)ncc(-c3ccc(N4CCC(N5CCN(C(=O)OC(C)(C)C)CC5)CC4)c(OC)c3)c2nc1NC1CCOCC1. The Hall–Kier alpha value is -3.70. The van der Waals surface area contributed by atoms with E-state index in [-0.39, 0.29) is 6.09 Å². The lowest BCUT2D eigenvalue weighted by atomic mass is 10.00. The minimum atomic E-state index is -0.469. The quantitative estimate of drug-likeness (QED) is 0.313. The first-order chi connectivity index (χ1) is 23.2. The lowest BCUT2D eigenvalue weighted by Gasteiger charge is -2.43. The monoisotopic (exact) mass is 659 g/mol. The summed E-state index contributed by atoms with van der Waals surface area (Å²) in [6, 6.07) is 7.32. The van der Waals surface area contributed by atoms with E-state index in [2.05, 4.69) is 47.2 Å². The number of ether oxygens (including phenoxy) is 3. The highest BCUT2D eigenvalue weighted by Gasteiger charge is 2.31. The first-order valence-electron chi connectivity index (χ1n) is 17.9. The molecule has 0 bridgehead atoms. The van der Waals surface area contributed by atoms with Crippen LogP contribution in [0.25, 0.3) is 22.2 Å². The number of nitrogens with one attached hydrogen (secondary N) is 1. The van der Waals surface area contributed by atoms with Gasteiger partial charge in [-0.25, -0.2) is 14.8 Å². The number of benzene rings is 1. The molecule has 5 heterocycles. The van der Waals surface area contributed by atoms with Crippen molar-refractivity contribution >= 4 is 28.6 Å². The molecule has 3 aliphatic heterocycles. The predicted octanol–water partition coefficient (Wildman–Crippen LogP) is 5.94. The van der Waals surface area contributed by atoms with Crippen LogP contribution in [-0.4, -0.2) is 108 Å². The maximum atomic E-state index is 12.5. The van der Waals surface area contributed by atoms with Crippen molar-refractivity contribution in [3.05, 3.63) is 35.8 Å². The van der Waals surface area contributed by atoms with Gasteiger partial charge in [-0.05, 0) is 77.0 Å². The van der Waals surface area contributed by atoms with Crippen LogP contribution in [0.1, 0.15) is 71.7 Å². The molecule has 3 saturated heterocycles. The molecule has 0 radical (unpaired) electrons. The number of piperidine rings is 1. The minimum absolute atomic E-state index is 0.206. The normalized spacial score (nSPS) is 18.7. The highest BCUT2D eigenvalue weighted by molar-refractivity contribution is 5.94. The molecule has 3 aliphatic rings. The second-order valence-electron chi connectivity index (χ2n) is 14.2. The number of amides is 1. The molecular formula is C37H53N7O4. The lowest BCUT2D eigenvalue weighted by molar-refractivity contribution is 0.00901. The van der Waals surface area contributed by atoms with Gasteiger partial charge in [0.15, 0.2) is 0 Å². The highest BCUT2D eigenvalue weighted by atomic mass is 16.6. The van der Waals surface area contributed by atoms with Crippen LogP contribution < -0.4 is 15.0 Å². The number of aryl methyl sites for hydroxylation is 2. The van der Waals surface area contributed by atoms with E-state index in [1.165, 1.54) is 0 Å². The highest BCUT2D eigenvalue weighted by Crippen LogP contribution is 2.38. The van der Waals surface area contributed by atoms with Crippen LogP contribution in [0.2, 0.25) is 0 Å². The zero-order valence-corrected chi connectivity index (χ0v) is 29.7. The van der Waals surface area contributed by atoms with Gasteiger partial charge in [-0.3, -0.25) is 9.88 Å². The number of aromatic nitrogens is 3. The third kappa shape index (κ3) is 7.62. The number of carbonyl (C=O) groups is 1. The van der Waals surface area contributed by atoms with E-state index >= 15 is 0 Å². The average molecular weight is 660 g/mol. The van der Waals surface area contributed by atoms with Crippen LogP contribution in [0.5, 0.6) is 5.75 Å². The van der Waals surface area contributed by atoms with Crippen LogP contribution in [0.4, 0.5) is 16.3 Å². The van der Waals surface area contributed by atoms with Crippen LogP contribution in [0.3, 0.4) is 0 Å². The molecule has 260 valence electrons. The molecule has 0 saturated carbocycles. The first-order valence-corrected chi connectivity index (χ1v) is 17.9. The van der Waals surface area contributed by atoms with Crippen LogP contribution in [0.15, 0.2) is 24.4 Å². The van der Waals surface area contributed by atoms with Crippen LogP contribution in [0, 0.1) is 0 Å². The van der Waals surface area contributed by atoms with Gasteiger partial charge in [0.2, 0.25) is 0 Å². The topological polar surface area (TPSA) is 105 Å². The maximum absolute atomic E-state index is 12.5. The molecule has 6 rings (SSSR count). The molecule has 2 aromatic heterocycles. The number of carbonyl (C=O) groups excluding carboxylic acids is 1. The summed E-state index contributed by atoms with van der Waals surface area (Å²) in [6.45, 7) is 16.6. The molecule has 48 heavy (non-hydrogen) atoms. The van der Waals surface area contributed by atoms with Gasteiger partial charge in [-0.2, -0.15) is 0 Å². The fourth-order valence-electron chi connectivity index (χ4n) is 7.17. The fraction of sp³-hybridized carbons (Fsp3) is 0.622. The van der Waals surface area contributed by atoms with Gasteiger partial charge in [0, 0.05) is 76.3 Å². The Bertz CT molecular complexity index is 1570. The van der Waals surface area contributed by atoms with Crippen LogP contribution >= 0.6 is 0 Å². The average Bonchev–Trinajstić information content (AvgIpc) is 3.10. The number of rotatable bonds is 8. The second-order valence-corrected chi connectivity index (χ2v) is 14.2. The first kappa shape index (κ1) is 34.2. The number of anilines is 2. The third-order valence-corrected chi connectivity index (χ3v) is 9.86. The van der Waals surface area contributed by atoms with Gasteiger partial charge in [-0.15, -0.1) is 0 Å². The minimum Gasteiger partial charge on any atom is -0.495 e. The maximum Gasteiger partial charge on any atom is 0.410 e. The van der Waals surface area contributed by atoms with Crippen molar-refractivity contribution in [2.24, 2.45) is 0 Å². The molecule has 11 nitrogen and oxygen atoms in total. The van der Waals surface area contributed by atoms with E-state index < -0.39 is 5.60 Å². The standard InChI is InChI=1S/C37H53N7O4/c1-7-29-34-33(41-35(30(8-2)40-34)39-26-13-21-47-22-14-26)28(24-38-29)25-9-10-31(32(23-25)46-6)43-15-11-27(12-16-43)42-17-19-44(20-18-42)36(45)48-37(3,4)5/h9-10,23-24,26-27H,7-8,11-22H2,1-6H3,(H,39,41). The summed E-state index contributed by atoms with van der Waals surface area (Å²) < 4.78 is 17.2. The largest absolute Gasteiger partial charge is 0.495 e. The van der Waals surface area contributed by atoms with Crippen molar-refractivity contribution < 1.29 is 19.0 Å². The van der Waals surface area contributed by atoms with E-state index in [9.17, 15) is 4.79 Å². The Labute approximate surface area is 285 Å². The molecule has 3 aromatic rings. The lowest BCUT2D eigenvalue weighted by Crippen LogP contribution is -2.55. The van der Waals surface area contributed by atoms with E-state index in [1.54, 1.807) is 7.11 Å². The van der Waals surface area contributed by atoms with Gasteiger partial charge in [-0.1, -0.05) is 19.9 Å². The molecular weight excluding hydrogens is 606 g/mol. The van der Waals surface area contributed by atoms with Gasteiger partial charge < -0.3 is 29.3 Å². The summed E-state index contributed by atoms with van der Waals surface area (Å²) in [7, 11) is 1.75. The molecule has 1 aromatic carbocycles. The number of fused-ring (bicyclic) bond motifs is 1. The number of nitrogens with zero attached hydrogens (tertiary/aromatic N) is 6. The van der Waals surface area contributed by atoms with Crippen molar-refractivity contribution in [3.63, 3.8) is 0 Å². The Balaban J connectivity index is 1.17. The molecule has 3 fully saturated rings. The third-order valence-electron chi connectivity index (χ3n) is 9.86. The van der Waals surface area contributed by atoms with Gasteiger partial charge >= 0.3 is 6.09 Å². The summed E-state index contributed by atoms with van der Waals surface area (Å²) in [5.74, 6) is 1.72. The van der Waals surface area contributed by atoms with Crippen molar-refractivity contribution in [2.75, 3.05) is 69.8 Å². The number of pyridine rings is 1. The molecule has 0 aliphatic carbocycles. The smallest absolute Gasteiger partial charge is 0.410 e. The zero-order valence-electron chi connectivity index (χ0n) is 29.7. The second kappa shape index (κ2) is 14.8. The van der Waals surface area contributed by atoms with Gasteiger partial charge in [0.05, 0.1) is 24.2 Å². The number of hydrogen-bond donors (Lipinski definition) is 1. The number of methoxy groups -OCH3 is 1. The van der Waals surface area contributed by atoms with Crippen molar-refractivity contribution in [3.8, 4) is 16.9 Å². The summed E-state index contributed by atoms with van der Waals surface area (Å²) in [5, 5.41) is 3.69. The Morgan fingerprint density at radius 2 is 1.65 bits per heavy atom. The Morgan fingerprint density at radius 3 is 2.29 bits per heavy atom. The summed E-state index contributed by atoms with van der Waals surface area (Å²) in [5.41, 5.74) is 6.31. The van der Waals surface area contributed by atoms with Gasteiger partial charge in [0.1, 0.15) is 28.2 Å². The van der Waals surface area contributed by atoms with E-state index in [1.807, 2.05) is 31.9 Å². The molecule has 11 heteroatoms. The predicted molar refractivity (Wildman–Crippen MR) is 190 cm³/mol. The van der Waals surface area contributed by atoms with E-state index in [0.29, 0.717) is 25.2 Å². The number of hydrogen-bond acceptors (Lipinski definition) is 10. The Morgan fingerprint density at radius 1 is 0.938 bits per heavy atom. The van der Waals surface area contributed by atoms with Crippen molar-refractivity contribution in [2.45, 2.75) is 90.8 Å². The fourth-order valence-corrected chi connectivity index (χ4v) is 7.17. The molecule has 0 atom stereocenters. The van der Waals surface area contributed by atoms with E-state index in [4.69, 9.17) is 29.2 Å². The number of piperazine rings is 1. The molecule has 1 N–H and O–H groups in total. The van der Waals surface area contributed by atoms with Crippen LogP contribution in [-0.2, 0) is 22.3 Å². The van der Waals surface area contributed by atoms with Gasteiger partial charge in [0.25, 0.3) is 0 Å². The van der Waals surface area contributed by atoms with Crippen molar-refractivity contribution in [1.82, 2.24) is 24.8 Å². The molecule has 0 spiro atoms. The summed E-state index contributed by atoms with van der Waals surface area (Å²) >= 11 is 0. The Kier molecular flexibility index (Phi) is 10.6. The summed E-state index contributed by atoms with van der Waals surface area (Å²) in [4.78, 5) is 34.6. The molecule has 0 unspecified atom stereocenters. The van der Waals surface area contributed by atoms with Crippen molar-refractivity contribution in [1.29, 1.82) is 0 Å². The summed E-state index contributed by atoms with van der Waals surface area (Å²) in [6.07, 6.45) is 7.40. The van der Waals surface area contributed by atoms with E-state index in [0.717, 1.165) is 129 Å².